The van der Waals surface area contributed by atoms with E-state index in [1.807, 2.05) is 13.0 Å². The molecule has 1 heteroatoms. The molecule has 0 unspecified atom stereocenters. The molecule has 1 aromatic rings. The predicted molar refractivity (Wildman–Crippen MR) is 58.2 cm³/mol. The zero-order valence-electron chi connectivity index (χ0n) is 8.57. The molecule has 2 rings (SSSR count). The molecule has 1 saturated heterocycles. The molecule has 1 aromatic carbocycles. The summed E-state index contributed by atoms with van der Waals surface area (Å²) in [7, 11) is 0. The lowest BCUT2D eigenvalue weighted by Gasteiger charge is -1.97. The van der Waals surface area contributed by atoms with Crippen LogP contribution in [0.25, 0.3) is 0 Å². The molecule has 0 aliphatic carbocycles. The quantitative estimate of drug-likeness (QED) is 0.522. The first kappa shape index (κ1) is 9.47. The van der Waals surface area contributed by atoms with Gasteiger partial charge < -0.3 is 4.74 Å². The fourth-order valence-electron chi connectivity index (χ4n) is 1.75. The van der Waals surface area contributed by atoms with Gasteiger partial charge in [0.2, 0.25) is 0 Å². The van der Waals surface area contributed by atoms with Crippen LogP contribution in [0.1, 0.15) is 18.9 Å². The van der Waals surface area contributed by atoms with Crippen LogP contribution in [-0.4, -0.2) is 12.2 Å². The number of rotatable bonds is 4. The number of ether oxygens (including phenoxy) is 1. The summed E-state index contributed by atoms with van der Waals surface area (Å²) in [6.45, 7) is 5.93. The Balaban J connectivity index is 1.77. The van der Waals surface area contributed by atoms with Gasteiger partial charge in [0.15, 0.2) is 0 Å². The third kappa shape index (κ3) is 2.24. The summed E-state index contributed by atoms with van der Waals surface area (Å²) >= 11 is 0. The van der Waals surface area contributed by atoms with E-state index in [9.17, 15) is 0 Å². The molecule has 14 heavy (non-hydrogen) atoms. The van der Waals surface area contributed by atoms with E-state index < -0.39 is 0 Å². The normalized spacial score (nSPS) is 24.6. The zero-order chi connectivity index (χ0) is 9.97. The summed E-state index contributed by atoms with van der Waals surface area (Å²) in [6, 6.07) is 10.5. The smallest absolute Gasteiger partial charge is 0.105 e. The molecule has 1 heterocycles. The minimum absolute atomic E-state index is 0.332. The standard InChI is InChI=1S/C13H16O/c1-10(2)13-12(14-13)9-8-11-6-4-3-5-7-11/h3-7,12-13H,1,8-9H2,2H3/t12-,13-/m1/s1. The second-order valence-electron chi connectivity index (χ2n) is 3.97. The van der Waals surface area contributed by atoms with Gasteiger partial charge in [-0.2, -0.15) is 0 Å². The van der Waals surface area contributed by atoms with Crippen LogP contribution in [0.5, 0.6) is 0 Å². The summed E-state index contributed by atoms with van der Waals surface area (Å²) in [4.78, 5) is 0. The van der Waals surface area contributed by atoms with E-state index in [0.29, 0.717) is 12.2 Å². The molecular weight excluding hydrogens is 172 g/mol. The van der Waals surface area contributed by atoms with E-state index in [4.69, 9.17) is 4.74 Å². The van der Waals surface area contributed by atoms with Crippen molar-refractivity contribution in [2.45, 2.75) is 32.0 Å². The molecule has 74 valence electrons. The Morgan fingerprint density at radius 3 is 2.64 bits per heavy atom. The first-order chi connectivity index (χ1) is 6.77. The van der Waals surface area contributed by atoms with Gasteiger partial charge in [0.1, 0.15) is 6.10 Å². The van der Waals surface area contributed by atoms with Gasteiger partial charge in [0.05, 0.1) is 6.10 Å². The molecule has 1 nitrogen and oxygen atoms in total. The van der Waals surface area contributed by atoms with Crippen molar-refractivity contribution in [2.24, 2.45) is 0 Å². The van der Waals surface area contributed by atoms with E-state index in [-0.39, 0.29) is 0 Å². The van der Waals surface area contributed by atoms with Crippen LogP contribution in [0, 0.1) is 0 Å². The summed E-state index contributed by atoms with van der Waals surface area (Å²) in [5.74, 6) is 0. The van der Waals surface area contributed by atoms with Crippen LogP contribution in [-0.2, 0) is 11.2 Å². The van der Waals surface area contributed by atoms with Gasteiger partial charge in [0.25, 0.3) is 0 Å². The maximum absolute atomic E-state index is 5.50. The highest BCUT2D eigenvalue weighted by Crippen LogP contribution is 2.31. The van der Waals surface area contributed by atoms with Gasteiger partial charge in [-0.25, -0.2) is 0 Å². The molecular formula is C13H16O. The van der Waals surface area contributed by atoms with Crippen LogP contribution < -0.4 is 0 Å². The molecule has 0 saturated carbocycles. The van der Waals surface area contributed by atoms with Gasteiger partial charge in [-0.1, -0.05) is 36.9 Å². The van der Waals surface area contributed by atoms with Crippen LogP contribution in [0.2, 0.25) is 0 Å². The van der Waals surface area contributed by atoms with Crippen LogP contribution >= 0.6 is 0 Å². The first-order valence-corrected chi connectivity index (χ1v) is 5.12. The molecule has 1 aliphatic heterocycles. The summed E-state index contributed by atoms with van der Waals surface area (Å²) in [5, 5.41) is 0. The number of benzene rings is 1. The van der Waals surface area contributed by atoms with Crippen molar-refractivity contribution >= 4 is 0 Å². The minimum atomic E-state index is 0.332. The van der Waals surface area contributed by atoms with Gasteiger partial charge in [-0.05, 0) is 30.9 Å². The SMILES string of the molecule is C=C(C)[C@H]1O[C@@H]1CCc1ccccc1. The average molecular weight is 188 g/mol. The van der Waals surface area contributed by atoms with Gasteiger partial charge >= 0.3 is 0 Å². The molecule has 1 fully saturated rings. The molecule has 0 amide bonds. The summed E-state index contributed by atoms with van der Waals surface area (Å²) in [5.41, 5.74) is 2.55. The molecule has 1 aliphatic rings. The largest absolute Gasteiger partial charge is 0.365 e. The van der Waals surface area contributed by atoms with Gasteiger partial charge in [-0.15, -0.1) is 0 Å². The Kier molecular flexibility index (Phi) is 2.69. The third-order valence-corrected chi connectivity index (χ3v) is 2.63. The summed E-state index contributed by atoms with van der Waals surface area (Å²) < 4.78 is 5.50. The predicted octanol–water partition coefficient (Wildman–Crippen LogP) is 2.96. The van der Waals surface area contributed by atoms with Crippen LogP contribution in [0.3, 0.4) is 0 Å². The topological polar surface area (TPSA) is 12.5 Å². The van der Waals surface area contributed by atoms with Crippen molar-refractivity contribution in [1.29, 1.82) is 0 Å². The van der Waals surface area contributed by atoms with Crippen molar-refractivity contribution in [2.75, 3.05) is 0 Å². The lowest BCUT2D eigenvalue weighted by molar-refractivity contribution is 0.375. The van der Waals surface area contributed by atoms with Crippen LogP contribution in [0.4, 0.5) is 0 Å². The number of aryl methyl sites for hydroxylation is 1. The number of hydrogen-bond acceptors (Lipinski definition) is 1. The van der Waals surface area contributed by atoms with Crippen LogP contribution in [0.15, 0.2) is 42.5 Å². The Morgan fingerprint density at radius 2 is 2.07 bits per heavy atom. The Hall–Kier alpha value is -1.08. The number of hydrogen-bond donors (Lipinski definition) is 0. The van der Waals surface area contributed by atoms with E-state index in [0.717, 1.165) is 18.4 Å². The van der Waals surface area contributed by atoms with E-state index >= 15 is 0 Å². The average Bonchev–Trinajstić information content (AvgIpc) is 2.96. The van der Waals surface area contributed by atoms with Gasteiger partial charge in [-0.3, -0.25) is 0 Å². The highest BCUT2D eigenvalue weighted by molar-refractivity contribution is 5.16. The Bertz CT molecular complexity index is 315. The fourth-order valence-corrected chi connectivity index (χ4v) is 1.75. The second-order valence-corrected chi connectivity index (χ2v) is 3.97. The third-order valence-electron chi connectivity index (χ3n) is 2.63. The maximum atomic E-state index is 5.50. The van der Waals surface area contributed by atoms with Crippen molar-refractivity contribution in [3.05, 3.63) is 48.0 Å². The molecule has 0 aromatic heterocycles. The minimum Gasteiger partial charge on any atom is -0.365 e. The molecule has 0 bridgehead atoms. The number of epoxide rings is 1. The first-order valence-electron chi connectivity index (χ1n) is 5.12. The maximum Gasteiger partial charge on any atom is 0.105 e. The lowest BCUT2D eigenvalue weighted by atomic mass is 10.1. The van der Waals surface area contributed by atoms with Crippen molar-refractivity contribution in [3.63, 3.8) is 0 Å². The molecule has 0 spiro atoms. The van der Waals surface area contributed by atoms with E-state index in [1.54, 1.807) is 0 Å². The molecule has 0 N–H and O–H groups in total. The van der Waals surface area contributed by atoms with Crippen molar-refractivity contribution < 1.29 is 4.74 Å². The summed E-state index contributed by atoms with van der Waals surface area (Å²) in [6.07, 6.45) is 2.98. The highest BCUT2D eigenvalue weighted by atomic mass is 16.6. The van der Waals surface area contributed by atoms with Crippen molar-refractivity contribution in [1.82, 2.24) is 0 Å². The zero-order valence-corrected chi connectivity index (χ0v) is 8.57. The molecule has 0 radical (unpaired) electrons. The highest BCUT2D eigenvalue weighted by Gasteiger charge is 2.38. The Morgan fingerprint density at radius 1 is 1.36 bits per heavy atom. The Labute approximate surface area is 85.4 Å². The van der Waals surface area contributed by atoms with Gasteiger partial charge in [0, 0.05) is 0 Å². The molecule has 2 atom stereocenters. The fraction of sp³-hybridized carbons (Fsp3) is 0.385. The monoisotopic (exact) mass is 188 g/mol. The van der Waals surface area contributed by atoms with E-state index in [1.165, 1.54) is 5.56 Å². The van der Waals surface area contributed by atoms with Crippen molar-refractivity contribution in [3.8, 4) is 0 Å². The lowest BCUT2D eigenvalue weighted by Crippen LogP contribution is -1.96. The second kappa shape index (κ2) is 3.97. The van der Waals surface area contributed by atoms with E-state index in [2.05, 4.69) is 30.8 Å².